The zero-order valence-corrected chi connectivity index (χ0v) is 27.1. The number of hydrogen-bond donors (Lipinski definition) is 3. The summed E-state index contributed by atoms with van der Waals surface area (Å²) in [4.78, 5) is 22.5. The van der Waals surface area contributed by atoms with E-state index in [0.717, 1.165) is 115 Å². The van der Waals surface area contributed by atoms with Crippen LogP contribution in [0.4, 0.5) is 5.82 Å². The highest BCUT2D eigenvalue weighted by Crippen LogP contribution is 2.37. The highest BCUT2D eigenvalue weighted by molar-refractivity contribution is 5.99. The highest BCUT2D eigenvalue weighted by atomic mass is 16.5. The third kappa shape index (κ3) is 6.31. The average Bonchev–Trinajstić information content (AvgIpc) is 3.66. The Bertz CT molecular complexity index is 1810. The lowest BCUT2D eigenvalue weighted by Gasteiger charge is -2.42. The van der Waals surface area contributed by atoms with Crippen LogP contribution in [0.15, 0.2) is 48.8 Å². The third-order valence-electron chi connectivity index (χ3n) is 9.85. The van der Waals surface area contributed by atoms with Crippen molar-refractivity contribution in [3.05, 3.63) is 60.2 Å². The average molecular weight is 624 g/mol. The summed E-state index contributed by atoms with van der Waals surface area (Å²) in [5.41, 5.74) is 11.4. The predicted molar refractivity (Wildman–Crippen MR) is 181 cm³/mol. The fourth-order valence-corrected chi connectivity index (χ4v) is 7.23. The van der Waals surface area contributed by atoms with Crippen molar-refractivity contribution >= 4 is 27.9 Å². The van der Waals surface area contributed by atoms with Gasteiger partial charge in [0.1, 0.15) is 29.4 Å². The van der Waals surface area contributed by atoms with Gasteiger partial charge in [0.2, 0.25) is 0 Å². The maximum absolute atomic E-state index is 10.1. The van der Waals surface area contributed by atoms with Gasteiger partial charge in [-0.05, 0) is 64.2 Å². The lowest BCUT2D eigenvalue weighted by Crippen LogP contribution is -2.51. The van der Waals surface area contributed by atoms with E-state index < -0.39 is 5.60 Å². The second-order valence-corrected chi connectivity index (χ2v) is 13.6. The monoisotopic (exact) mass is 623 g/mol. The van der Waals surface area contributed by atoms with Gasteiger partial charge < -0.3 is 25.5 Å². The number of aromatic amines is 1. The van der Waals surface area contributed by atoms with Gasteiger partial charge in [0.05, 0.1) is 35.2 Å². The fraction of sp³-hybridized carbons (Fsp3) is 0.486. The van der Waals surface area contributed by atoms with Crippen LogP contribution in [0, 0.1) is 0 Å². The number of fused-ring (bicyclic) bond motifs is 2. The maximum Gasteiger partial charge on any atom is 0.164 e. The molecule has 11 heteroatoms. The fourth-order valence-electron chi connectivity index (χ4n) is 7.23. The molecule has 11 nitrogen and oxygen atoms in total. The number of nitrogens with two attached hydrogens (primary N) is 1. The van der Waals surface area contributed by atoms with E-state index in [1.165, 1.54) is 0 Å². The van der Waals surface area contributed by atoms with Crippen molar-refractivity contribution in [1.29, 1.82) is 0 Å². The first-order valence-electron chi connectivity index (χ1n) is 16.5. The molecule has 242 valence electrons. The van der Waals surface area contributed by atoms with E-state index in [1.807, 2.05) is 38.1 Å². The van der Waals surface area contributed by atoms with Crippen molar-refractivity contribution in [3.8, 4) is 17.0 Å². The lowest BCUT2D eigenvalue weighted by molar-refractivity contribution is 0.0356. The normalized spacial score (nSPS) is 20.1. The molecule has 0 radical (unpaired) electrons. The summed E-state index contributed by atoms with van der Waals surface area (Å²) in [5, 5.41) is 16.1. The molecule has 1 saturated heterocycles. The Labute approximate surface area is 269 Å². The first-order valence-corrected chi connectivity index (χ1v) is 16.5. The third-order valence-corrected chi connectivity index (χ3v) is 9.85. The van der Waals surface area contributed by atoms with E-state index in [-0.39, 0.29) is 6.04 Å². The van der Waals surface area contributed by atoms with Gasteiger partial charge >= 0.3 is 0 Å². The van der Waals surface area contributed by atoms with E-state index in [2.05, 4.69) is 47.6 Å². The largest absolute Gasteiger partial charge is 0.496 e. The van der Waals surface area contributed by atoms with Crippen LogP contribution >= 0.6 is 0 Å². The molecule has 2 aliphatic rings. The molecule has 2 fully saturated rings. The molecule has 1 aliphatic carbocycles. The molecule has 2 aromatic carbocycles. The molecule has 46 heavy (non-hydrogen) atoms. The number of H-pyrrole nitrogens is 1. The van der Waals surface area contributed by atoms with Crippen molar-refractivity contribution < 1.29 is 9.84 Å². The van der Waals surface area contributed by atoms with Gasteiger partial charge in [-0.1, -0.05) is 24.3 Å². The van der Waals surface area contributed by atoms with Crippen LogP contribution in [0.5, 0.6) is 5.75 Å². The number of hydrogen-bond acceptors (Lipinski definition) is 9. The summed E-state index contributed by atoms with van der Waals surface area (Å²) in [6, 6.07) is 15.1. The standard InChI is InChI=1S/C35H45N9O2/c1-35(2,45)14-15-42-16-18-43(19-17-42)25-9-11-26(12-10-25)44-34-31(33(36)37-22-38-34)32(41-44)24-8-13-27-28(20-24)40-30(39-27)21-23-6-4-5-7-29(23)46-3/h4-8,13,20,22,25-26,45H,9-12,14-19,21H2,1-3H3,(H,39,40)(H2,36,37,38). The van der Waals surface area contributed by atoms with Crippen LogP contribution in [0.1, 0.15) is 63.4 Å². The van der Waals surface area contributed by atoms with E-state index in [1.54, 1.807) is 13.4 Å². The number of nitrogens with one attached hydrogen (secondary N) is 1. The first kappa shape index (κ1) is 30.6. The Kier molecular flexibility index (Phi) is 8.39. The lowest BCUT2D eigenvalue weighted by atomic mass is 9.90. The number of aliphatic hydroxyl groups is 1. The van der Waals surface area contributed by atoms with E-state index >= 15 is 0 Å². The first-order chi connectivity index (χ1) is 22.3. The summed E-state index contributed by atoms with van der Waals surface area (Å²) in [6.07, 6.45) is 7.39. The Morgan fingerprint density at radius 1 is 1.00 bits per heavy atom. The van der Waals surface area contributed by atoms with E-state index in [4.69, 9.17) is 20.6 Å². The number of para-hydroxylation sites is 1. The van der Waals surface area contributed by atoms with Gasteiger partial charge in [0.25, 0.3) is 0 Å². The number of imidazole rings is 1. The summed E-state index contributed by atoms with van der Waals surface area (Å²) in [6.45, 7) is 9.08. The van der Waals surface area contributed by atoms with Crippen LogP contribution < -0.4 is 10.5 Å². The quantitative estimate of drug-likeness (QED) is 0.211. The molecule has 1 saturated carbocycles. The summed E-state index contributed by atoms with van der Waals surface area (Å²) >= 11 is 0. The minimum atomic E-state index is -0.603. The molecule has 0 atom stereocenters. The molecule has 5 aromatic rings. The van der Waals surface area contributed by atoms with E-state index in [9.17, 15) is 5.11 Å². The Hall–Kier alpha value is -4.06. The minimum absolute atomic E-state index is 0.262. The van der Waals surface area contributed by atoms with Crippen molar-refractivity contribution in [2.24, 2.45) is 0 Å². The van der Waals surface area contributed by atoms with Gasteiger partial charge in [-0.15, -0.1) is 0 Å². The van der Waals surface area contributed by atoms with Crippen LogP contribution in [0.25, 0.3) is 33.3 Å². The van der Waals surface area contributed by atoms with Gasteiger partial charge in [-0.2, -0.15) is 5.10 Å². The number of methoxy groups -OCH3 is 1. The Morgan fingerprint density at radius 2 is 1.76 bits per heavy atom. The second-order valence-electron chi connectivity index (χ2n) is 13.6. The number of nitrogens with zero attached hydrogens (tertiary/aromatic N) is 7. The molecule has 0 bridgehead atoms. The maximum atomic E-state index is 10.1. The predicted octanol–water partition coefficient (Wildman–Crippen LogP) is 4.81. The van der Waals surface area contributed by atoms with Gasteiger partial charge in [-0.25, -0.2) is 19.6 Å². The molecule has 3 aromatic heterocycles. The number of ether oxygens (including phenoxy) is 1. The van der Waals surface area contributed by atoms with Crippen molar-refractivity contribution in [1.82, 2.24) is 39.5 Å². The molecule has 0 amide bonds. The molecule has 4 heterocycles. The number of piperazine rings is 1. The zero-order chi connectivity index (χ0) is 31.8. The molecule has 0 spiro atoms. The number of aromatic nitrogens is 6. The van der Waals surface area contributed by atoms with Crippen LogP contribution in [0.3, 0.4) is 0 Å². The number of benzene rings is 2. The molecule has 1 aliphatic heterocycles. The Morgan fingerprint density at radius 3 is 2.52 bits per heavy atom. The van der Waals surface area contributed by atoms with Crippen molar-refractivity contribution in [2.45, 2.75) is 70.1 Å². The smallest absolute Gasteiger partial charge is 0.164 e. The molecule has 0 unspecified atom stereocenters. The number of rotatable bonds is 9. The van der Waals surface area contributed by atoms with Gasteiger partial charge in [-0.3, -0.25) is 4.90 Å². The van der Waals surface area contributed by atoms with Crippen molar-refractivity contribution in [2.75, 3.05) is 45.6 Å². The topological polar surface area (TPSA) is 134 Å². The zero-order valence-electron chi connectivity index (χ0n) is 27.1. The Balaban J connectivity index is 1.07. The highest BCUT2D eigenvalue weighted by Gasteiger charge is 2.31. The van der Waals surface area contributed by atoms with Gasteiger partial charge in [0, 0.05) is 56.3 Å². The van der Waals surface area contributed by atoms with Gasteiger partial charge in [0.15, 0.2) is 5.65 Å². The van der Waals surface area contributed by atoms with Crippen LogP contribution in [-0.4, -0.2) is 96.1 Å². The summed E-state index contributed by atoms with van der Waals surface area (Å²) < 4.78 is 7.65. The summed E-state index contributed by atoms with van der Waals surface area (Å²) in [7, 11) is 1.69. The molecular weight excluding hydrogens is 578 g/mol. The minimum Gasteiger partial charge on any atom is -0.496 e. The van der Waals surface area contributed by atoms with Crippen LogP contribution in [0.2, 0.25) is 0 Å². The molecular formula is C35H45N9O2. The molecule has 7 rings (SSSR count). The summed E-state index contributed by atoms with van der Waals surface area (Å²) in [5.74, 6) is 2.18. The van der Waals surface area contributed by atoms with Crippen molar-refractivity contribution in [3.63, 3.8) is 0 Å². The molecule has 4 N–H and O–H groups in total. The van der Waals surface area contributed by atoms with E-state index in [0.29, 0.717) is 18.3 Å². The number of anilines is 1. The number of nitrogen functional groups attached to an aromatic ring is 1. The van der Waals surface area contributed by atoms with Crippen LogP contribution in [-0.2, 0) is 6.42 Å². The second kappa shape index (κ2) is 12.6. The SMILES string of the molecule is COc1ccccc1Cc1nc2ccc(-c3nn(C4CCC(N5CCN(CCC(C)(C)O)CC5)CC4)c4ncnc(N)c34)cc2[nH]1.